The molecule has 1 unspecified atom stereocenters. The molecule has 6 nitrogen and oxygen atoms in total. The number of benzene rings is 1. The number of aliphatic imine (C=N–C) groups is 1. The van der Waals surface area contributed by atoms with E-state index in [2.05, 4.69) is 51.8 Å². The van der Waals surface area contributed by atoms with E-state index in [1.165, 1.54) is 5.56 Å². The average Bonchev–Trinajstić information content (AvgIpc) is 2.89. The van der Waals surface area contributed by atoms with Gasteiger partial charge >= 0.3 is 0 Å². The number of aromatic nitrogens is 3. The van der Waals surface area contributed by atoms with Crippen molar-refractivity contribution < 1.29 is 0 Å². The van der Waals surface area contributed by atoms with Gasteiger partial charge in [0, 0.05) is 13.6 Å². The van der Waals surface area contributed by atoms with Crippen molar-refractivity contribution in [3.05, 3.63) is 47.5 Å². The summed E-state index contributed by atoms with van der Waals surface area (Å²) < 4.78 is 1.96. The summed E-state index contributed by atoms with van der Waals surface area (Å²) in [5.41, 5.74) is 1.23. The maximum absolute atomic E-state index is 4.64. The molecule has 24 heavy (non-hydrogen) atoms. The predicted molar refractivity (Wildman–Crippen MR) is 109 cm³/mol. The Labute approximate surface area is 161 Å². The molecule has 0 radical (unpaired) electrons. The molecule has 0 spiro atoms. The monoisotopic (exact) mass is 442 g/mol. The van der Waals surface area contributed by atoms with Gasteiger partial charge in [0.2, 0.25) is 0 Å². The molecule has 1 aromatic carbocycles. The van der Waals surface area contributed by atoms with E-state index in [1.807, 2.05) is 36.7 Å². The highest BCUT2D eigenvalue weighted by Crippen LogP contribution is 2.10. The number of halogens is 1. The zero-order chi connectivity index (χ0) is 16.7. The highest BCUT2D eigenvalue weighted by molar-refractivity contribution is 14.0. The molecular formula is C17H27IN6. The van der Waals surface area contributed by atoms with Gasteiger partial charge in [0.1, 0.15) is 12.4 Å². The Kier molecular flexibility index (Phi) is 8.73. The molecule has 0 bridgehead atoms. The Balaban J connectivity index is 0.00000288. The first kappa shape index (κ1) is 20.4. The van der Waals surface area contributed by atoms with Crippen molar-refractivity contribution in [3.8, 4) is 0 Å². The van der Waals surface area contributed by atoms with E-state index < -0.39 is 0 Å². The van der Waals surface area contributed by atoms with E-state index in [1.54, 1.807) is 0 Å². The summed E-state index contributed by atoms with van der Waals surface area (Å²) in [5, 5.41) is 15.0. The Morgan fingerprint density at radius 2 is 1.96 bits per heavy atom. The van der Waals surface area contributed by atoms with Crippen molar-refractivity contribution in [2.24, 2.45) is 12.0 Å². The minimum absolute atomic E-state index is 0. The Hall–Kier alpha value is -1.64. The second kappa shape index (κ2) is 10.3. The van der Waals surface area contributed by atoms with Gasteiger partial charge < -0.3 is 15.2 Å². The van der Waals surface area contributed by atoms with Crippen LogP contribution in [-0.4, -0.2) is 27.3 Å². The van der Waals surface area contributed by atoms with Crippen LogP contribution in [-0.2, 0) is 13.6 Å². The van der Waals surface area contributed by atoms with Crippen LogP contribution in [0.15, 0.2) is 35.3 Å². The molecule has 0 aliphatic heterocycles. The molecule has 0 aliphatic rings. The van der Waals surface area contributed by atoms with Crippen LogP contribution in [0.4, 0.5) is 0 Å². The number of aryl methyl sites for hydroxylation is 1. The van der Waals surface area contributed by atoms with E-state index in [0.717, 1.165) is 30.6 Å². The molecule has 2 N–H and O–H groups in total. The van der Waals surface area contributed by atoms with Crippen LogP contribution in [0.5, 0.6) is 0 Å². The van der Waals surface area contributed by atoms with Gasteiger partial charge in [-0.05, 0) is 25.8 Å². The van der Waals surface area contributed by atoms with Crippen molar-refractivity contribution in [3.63, 3.8) is 0 Å². The second-order valence-corrected chi connectivity index (χ2v) is 5.59. The van der Waals surface area contributed by atoms with Crippen LogP contribution < -0.4 is 10.6 Å². The van der Waals surface area contributed by atoms with Crippen molar-refractivity contribution >= 4 is 29.9 Å². The topological polar surface area (TPSA) is 67.1 Å². The highest BCUT2D eigenvalue weighted by atomic mass is 127. The maximum Gasteiger partial charge on any atom is 0.192 e. The SMILES string of the molecule is CCCNC(=NCc1nnc(C)n1C)NC(C)c1ccccc1.I. The van der Waals surface area contributed by atoms with Gasteiger partial charge in [0.15, 0.2) is 11.8 Å². The summed E-state index contributed by atoms with van der Waals surface area (Å²) in [6.07, 6.45) is 1.05. The third-order valence-electron chi connectivity index (χ3n) is 3.76. The van der Waals surface area contributed by atoms with Gasteiger partial charge in [-0.3, -0.25) is 0 Å². The first-order valence-corrected chi connectivity index (χ1v) is 8.06. The van der Waals surface area contributed by atoms with Crippen LogP contribution >= 0.6 is 24.0 Å². The lowest BCUT2D eigenvalue weighted by atomic mass is 10.1. The summed E-state index contributed by atoms with van der Waals surface area (Å²) >= 11 is 0. The van der Waals surface area contributed by atoms with Gasteiger partial charge in [0.05, 0.1) is 6.04 Å². The molecule has 0 amide bonds. The number of nitrogens with one attached hydrogen (secondary N) is 2. The summed E-state index contributed by atoms with van der Waals surface area (Å²) in [7, 11) is 1.96. The number of hydrogen-bond acceptors (Lipinski definition) is 3. The highest BCUT2D eigenvalue weighted by Gasteiger charge is 2.09. The normalized spacial score (nSPS) is 12.4. The fraction of sp³-hybridized carbons (Fsp3) is 0.471. The standard InChI is InChI=1S/C17H26N6.HI/c1-5-11-18-17(19-12-16-22-21-14(3)23(16)4)20-13(2)15-9-7-6-8-10-15;/h6-10,13H,5,11-12H2,1-4H3,(H2,18,19,20);1H. The molecule has 0 fully saturated rings. The molecule has 1 atom stereocenters. The van der Waals surface area contributed by atoms with Gasteiger partial charge in [-0.2, -0.15) is 0 Å². The van der Waals surface area contributed by atoms with Gasteiger partial charge in [-0.1, -0.05) is 37.3 Å². The molecule has 0 saturated heterocycles. The van der Waals surface area contributed by atoms with Crippen molar-refractivity contribution in [2.45, 2.75) is 39.8 Å². The second-order valence-electron chi connectivity index (χ2n) is 5.59. The summed E-state index contributed by atoms with van der Waals surface area (Å²) in [6, 6.07) is 10.5. The summed E-state index contributed by atoms with van der Waals surface area (Å²) in [6.45, 7) is 7.58. The molecule has 0 saturated carbocycles. The lowest BCUT2D eigenvalue weighted by molar-refractivity contribution is 0.673. The molecule has 2 aromatic rings. The molecule has 132 valence electrons. The number of rotatable bonds is 6. The minimum atomic E-state index is 0. The third-order valence-corrected chi connectivity index (χ3v) is 3.76. The number of hydrogen-bond donors (Lipinski definition) is 2. The van der Waals surface area contributed by atoms with Gasteiger partial charge in [-0.15, -0.1) is 34.2 Å². The first-order chi connectivity index (χ1) is 11.1. The zero-order valence-electron chi connectivity index (χ0n) is 14.8. The Morgan fingerprint density at radius 1 is 1.25 bits per heavy atom. The van der Waals surface area contributed by atoms with E-state index in [0.29, 0.717) is 6.54 Å². The zero-order valence-corrected chi connectivity index (χ0v) is 17.1. The summed E-state index contributed by atoms with van der Waals surface area (Å²) in [5.74, 6) is 2.54. The fourth-order valence-electron chi connectivity index (χ4n) is 2.16. The molecule has 0 aliphatic carbocycles. The Bertz CT molecular complexity index is 638. The first-order valence-electron chi connectivity index (χ1n) is 8.06. The summed E-state index contributed by atoms with van der Waals surface area (Å²) in [4.78, 5) is 4.64. The molecule has 1 aromatic heterocycles. The lowest BCUT2D eigenvalue weighted by Gasteiger charge is -2.18. The smallest absolute Gasteiger partial charge is 0.192 e. The van der Waals surface area contributed by atoms with Gasteiger partial charge in [0.25, 0.3) is 0 Å². The molecule has 7 heteroatoms. The van der Waals surface area contributed by atoms with Crippen LogP contribution in [0.3, 0.4) is 0 Å². The quantitative estimate of drug-likeness (QED) is 0.410. The largest absolute Gasteiger partial charge is 0.356 e. The molecule has 1 heterocycles. The Morgan fingerprint density at radius 3 is 2.54 bits per heavy atom. The molecular weight excluding hydrogens is 415 g/mol. The van der Waals surface area contributed by atoms with E-state index in [4.69, 9.17) is 0 Å². The molecule has 2 rings (SSSR count). The van der Waals surface area contributed by atoms with Crippen LogP contribution in [0, 0.1) is 6.92 Å². The van der Waals surface area contributed by atoms with E-state index in [-0.39, 0.29) is 30.0 Å². The van der Waals surface area contributed by atoms with Gasteiger partial charge in [-0.25, -0.2) is 4.99 Å². The van der Waals surface area contributed by atoms with E-state index in [9.17, 15) is 0 Å². The third kappa shape index (κ3) is 5.77. The fourth-order valence-corrected chi connectivity index (χ4v) is 2.16. The maximum atomic E-state index is 4.64. The van der Waals surface area contributed by atoms with E-state index >= 15 is 0 Å². The van der Waals surface area contributed by atoms with Crippen molar-refractivity contribution in [1.82, 2.24) is 25.4 Å². The number of nitrogens with zero attached hydrogens (tertiary/aromatic N) is 4. The minimum Gasteiger partial charge on any atom is -0.356 e. The lowest BCUT2D eigenvalue weighted by Crippen LogP contribution is -2.39. The van der Waals surface area contributed by atoms with Crippen LogP contribution in [0.1, 0.15) is 43.5 Å². The number of guanidine groups is 1. The van der Waals surface area contributed by atoms with Crippen LogP contribution in [0.2, 0.25) is 0 Å². The predicted octanol–water partition coefficient (Wildman–Crippen LogP) is 2.95. The average molecular weight is 442 g/mol. The van der Waals surface area contributed by atoms with Crippen molar-refractivity contribution in [2.75, 3.05) is 6.54 Å². The van der Waals surface area contributed by atoms with Crippen LogP contribution in [0.25, 0.3) is 0 Å². The van der Waals surface area contributed by atoms with Crippen molar-refractivity contribution in [1.29, 1.82) is 0 Å².